The van der Waals surface area contributed by atoms with Crippen molar-refractivity contribution < 1.29 is 4.79 Å². The van der Waals surface area contributed by atoms with Gasteiger partial charge in [0.05, 0.1) is 12.5 Å². The predicted molar refractivity (Wildman–Crippen MR) is 51.9 cm³/mol. The lowest BCUT2D eigenvalue weighted by molar-refractivity contribution is -0.132. The Labute approximate surface area is 80.3 Å². The Kier molecular flexibility index (Phi) is 5.13. The molecule has 0 heterocycles. The fraction of sp³-hybridized carbons (Fsp3) is 0.800. The van der Waals surface area contributed by atoms with Crippen molar-refractivity contribution in [3.8, 4) is 6.07 Å². The number of hydrogen-bond acceptors (Lipinski definition) is 2. The van der Waals surface area contributed by atoms with E-state index in [0.717, 1.165) is 0 Å². The maximum Gasteiger partial charge on any atom is 0.222 e. The Hall–Kier alpha value is -1.04. The highest BCUT2D eigenvalue weighted by atomic mass is 16.2. The molecule has 0 bridgehead atoms. The summed E-state index contributed by atoms with van der Waals surface area (Å²) < 4.78 is 0. The van der Waals surface area contributed by atoms with Gasteiger partial charge in [0.25, 0.3) is 0 Å². The van der Waals surface area contributed by atoms with Crippen LogP contribution in [-0.2, 0) is 4.79 Å². The molecule has 0 radical (unpaired) electrons. The number of nitriles is 1. The Bertz CT molecular complexity index is 205. The van der Waals surface area contributed by atoms with Crippen molar-refractivity contribution >= 4 is 5.91 Å². The van der Waals surface area contributed by atoms with Crippen LogP contribution in [0.3, 0.4) is 0 Å². The monoisotopic (exact) mass is 182 g/mol. The Morgan fingerprint density at radius 2 is 2.00 bits per heavy atom. The minimum Gasteiger partial charge on any atom is -0.342 e. The van der Waals surface area contributed by atoms with Crippen LogP contribution >= 0.6 is 0 Å². The van der Waals surface area contributed by atoms with E-state index in [9.17, 15) is 4.79 Å². The second-order valence-electron chi connectivity index (χ2n) is 3.81. The van der Waals surface area contributed by atoms with Gasteiger partial charge in [0.1, 0.15) is 0 Å². The topological polar surface area (TPSA) is 44.1 Å². The first-order valence-corrected chi connectivity index (χ1v) is 4.61. The van der Waals surface area contributed by atoms with E-state index in [1.807, 2.05) is 20.8 Å². The van der Waals surface area contributed by atoms with Crippen LogP contribution < -0.4 is 0 Å². The first-order chi connectivity index (χ1) is 5.99. The molecule has 0 rings (SSSR count). The van der Waals surface area contributed by atoms with Crippen molar-refractivity contribution in [1.82, 2.24) is 4.90 Å². The van der Waals surface area contributed by atoms with Gasteiger partial charge < -0.3 is 4.90 Å². The zero-order valence-electron chi connectivity index (χ0n) is 8.87. The first kappa shape index (κ1) is 12.0. The van der Waals surface area contributed by atoms with Crippen LogP contribution in [0.5, 0.6) is 0 Å². The van der Waals surface area contributed by atoms with E-state index in [1.165, 1.54) is 0 Å². The summed E-state index contributed by atoms with van der Waals surface area (Å²) in [5, 5.41) is 8.46. The van der Waals surface area contributed by atoms with Gasteiger partial charge in [-0.1, -0.05) is 13.8 Å². The van der Waals surface area contributed by atoms with Gasteiger partial charge in [-0.15, -0.1) is 0 Å². The number of nitrogens with zero attached hydrogens (tertiary/aromatic N) is 2. The normalized spacial score (nSPS) is 12.3. The fourth-order valence-corrected chi connectivity index (χ4v) is 1.01. The fourth-order valence-electron chi connectivity index (χ4n) is 1.01. The van der Waals surface area contributed by atoms with Crippen LogP contribution in [0.25, 0.3) is 0 Å². The summed E-state index contributed by atoms with van der Waals surface area (Å²) in [6.45, 7) is 5.92. The van der Waals surface area contributed by atoms with Gasteiger partial charge in [-0.05, 0) is 12.8 Å². The highest BCUT2D eigenvalue weighted by Crippen LogP contribution is 2.07. The molecule has 0 saturated heterocycles. The molecule has 0 N–H and O–H groups in total. The SMILES string of the molecule is CC(C)CC(=O)N(C)C(C)CC#N. The second-order valence-corrected chi connectivity index (χ2v) is 3.81. The molecule has 0 saturated carbocycles. The van der Waals surface area contributed by atoms with Crippen LogP contribution in [0.4, 0.5) is 0 Å². The summed E-state index contributed by atoms with van der Waals surface area (Å²) in [6.07, 6.45) is 0.965. The molecule has 1 amide bonds. The van der Waals surface area contributed by atoms with Crippen LogP contribution in [0.15, 0.2) is 0 Å². The van der Waals surface area contributed by atoms with Crippen LogP contribution in [0, 0.1) is 17.2 Å². The molecule has 1 atom stereocenters. The van der Waals surface area contributed by atoms with Crippen molar-refractivity contribution in [2.24, 2.45) is 5.92 Å². The Morgan fingerprint density at radius 3 is 2.38 bits per heavy atom. The molecule has 13 heavy (non-hydrogen) atoms. The number of carbonyl (C=O) groups excluding carboxylic acids is 1. The number of rotatable bonds is 4. The highest BCUT2D eigenvalue weighted by Gasteiger charge is 2.15. The lowest BCUT2D eigenvalue weighted by atomic mass is 10.1. The summed E-state index contributed by atoms with van der Waals surface area (Å²) in [4.78, 5) is 13.1. The van der Waals surface area contributed by atoms with E-state index < -0.39 is 0 Å². The van der Waals surface area contributed by atoms with Crippen molar-refractivity contribution in [2.75, 3.05) is 7.05 Å². The van der Waals surface area contributed by atoms with Crippen LogP contribution in [0.2, 0.25) is 0 Å². The molecule has 0 aromatic carbocycles. The van der Waals surface area contributed by atoms with Crippen molar-refractivity contribution in [2.45, 2.75) is 39.7 Å². The van der Waals surface area contributed by atoms with Gasteiger partial charge >= 0.3 is 0 Å². The molecule has 3 nitrogen and oxygen atoms in total. The smallest absolute Gasteiger partial charge is 0.222 e. The maximum atomic E-state index is 11.5. The zero-order chi connectivity index (χ0) is 10.4. The minimum atomic E-state index is 0.0243. The number of amides is 1. The highest BCUT2D eigenvalue weighted by molar-refractivity contribution is 5.76. The van der Waals surface area contributed by atoms with Gasteiger partial charge in [-0.3, -0.25) is 4.79 Å². The molecule has 0 aliphatic carbocycles. The lowest BCUT2D eigenvalue weighted by Crippen LogP contribution is -2.35. The first-order valence-electron chi connectivity index (χ1n) is 4.61. The van der Waals surface area contributed by atoms with Gasteiger partial charge in [-0.25, -0.2) is 0 Å². The third kappa shape index (κ3) is 4.51. The average molecular weight is 182 g/mol. The van der Waals surface area contributed by atoms with Crippen molar-refractivity contribution in [3.63, 3.8) is 0 Å². The molecule has 74 valence electrons. The number of carbonyl (C=O) groups is 1. The summed E-state index contributed by atoms with van der Waals surface area (Å²) in [5.74, 6) is 0.502. The van der Waals surface area contributed by atoms with E-state index in [1.54, 1.807) is 11.9 Å². The van der Waals surface area contributed by atoms with E-state index in [-0.39, 0.29) is 11.9 Å². The minimum absolute atomic E-state index is 0.0243. The third-order valence-electron chi connectivity index (χ3n) is 2.02. The predicted octanol–water partition coefficient (Wildman–Crippen LogP) is 1.79. The summed E-state index contributed by atoms with van der Waals surface area (Å²) >= 11 is 0. The molecule has 0 aliphatic heterocycles. The van der Waals surface area contributed by atoms with Crippen molar-refractivity contribution in [3.05, 3.63) is 0 Å². The van der Waals surface area contributed by atoms with Gasteiger partial charge in [-0.2, -0.15) is 5.26 Å². The van der Waals surface area contributed by atoms with Crippen LogP contribution in [0.1, 0.15) is 33.6 Å². The molecule has 3 heteroatoms. The molecule has 0 aliphatic rings. The van der Waals surface area contributed by atoms with Crippen molar-refractivity contribution in [1.29, 1.82) is 5.26 Å². The average Bonchev–Trinajstić information content (AvgIpc) is 2.02. The third-order valence-corrected chi connectivity index (χ3v) is 2.02. The molecule has 0 aromatic heterocycles. The van der Waals surface area contributed by atoms with Crippen LogP contribution in [-0.4, -0.2) is 23.9 Å². The largest absolute Gasteiger partial charge is 0.342 e. The van der Waals surface area contributed by atoms with E-state index >= 15 is 0 Å². The molecule has 0 spiro atoms. The zero-order valence-corrected chi connectivity index (χ0v) is 8.87. The maximum absolute atomic E-state index is 11.5. The summed E-state index contributed by atoms with van der Waals surface area (Å²) in [5.41, 5.74) is 0. The molecule has 1 unspecified atom stereocenters. The van der Waals surface area contributed by atoms with Gasteiger partial charge in [0.15, 0.2) is 0 Å². The van der Waals surface area contributed by atoms with E-state index in [2.05, 4.69) is 6.07 Å². The van der Waals surface area contributed by atoms with E-state index in [4.69, 9.17) is 5.26 Å². The standard InChI is InChI=1S/C10H18N2O/c1-8(2)7-10(13)12(4)9(3)5-6-11/h8-9H,5,7H2,1-4H3. The Balaban J connectivity index is 4.03. The molecular weight excluding hydrogens is 164 g/mol. The second kappa shape index (κ2) is 5.58. The molecule has 0 fully saturated rings. The quantitative estimate of drug-likeness (QED) is 0.665. The van der Waals surface area contributed by atoms with E-state index in [0.29, 0.717) is 18.8 Å². The van der Waals surface area contributed by atoms with Gasteiger partial charge in [0.2, 0.25) is 5.91 Å². The lowest BCUT2D eigenvalue weighted by Gasteiger charge is -2.23. The summed E-state index contributed by atoms with van der Waals surface area (Å²) in [7, 11) is 1.76. The van der Waals surface area contributed by atoms with Gasteiger partial charge in [0, 0.05) is 19.5 Å². The number of hydrogen-bond donors (Lipinski definition) is 0. The Morgan fingerprint density at radius 1 is 1.46 bits per heavy atom. The molecule has 0 aromatic rings. The molecular formula is C10H18N2O. The summed E-state index contributed by atoms with van der Waals surface area (Å²) in [6, 6.07) is 2.09.